The van der Waals surface area contributed by atoms with Crippen molar-refractivity contribution in [2.45, 2.75) is 12.8 Å². The Kier molecular flexibility index (Phi) is 6.35. The SMILES string of the molecule is O=C(Nc1ccccc1Br)OCc1cn(-c2cc3cc(C(=O)O)c(=O)[nH]c3cc2C(F)(F)F)cn1. The molecule has 9 nitrogen and oxygen atoms in total. The lowest BCUT2D eigenvalue weighted by Gasteiger charge is -2.15. The number of aromatic nitrogens is 3. The molecule has 0 spiro atoms. The second-order valence-electron chi connectivity index (χ2n) is 7.22. The van der Waals surface area contributed by atoms with Gasteiger partial charge in [0.2, 0.25) is 0 Å². The molecule has 4 aromatic rings. The number of nitrogens with zero attached hydrogens (tertiary/aromatic N) is 2. The third-order valence-electron chi connectivity index (χ3n) is 4.87. The van der Waals surface area contributed by atoms with E-state index < -0.39 is 34.9 Å². The number of nitrogens with one attached hydrogen (secondary N) is 2. The number of hydrogen-bond donors (Lipinski definition) is 3. The summed E-state index contributed by atoms with van der Waals surface area (Å²) in [5, 5.41) is 11.7. The van der Waals surface area contributed by atoms with Gasteiger partial charge in [0.1, 0.15) is 12.2 Å². The van der Waals surface area contributed by atoms with Gasteiger partial charge in [0.15, 0.2) is 0 Å². The molecule has 0 fully saturated rings. The highest BCUT2D eigenvalue weighted by Gasteiger charge is 2.35. The van der Waals surface area contributed by atoms with Crippen LogP contribution in [-0.4, -0.2) is 31.7 Å². The molecule has 0 aliphatic carbocycles. The van der Waals surface area contributed by atoms with Crippen molar-refractivity contribution < 1.29 is 32.6 Å². The summed E-state index contributed by atoms with van der Waals surface area (Å²) in [4.78, 5) is 41.3. The van der Waals surface area contributed by atoms with Gasteiger partial charge in [-0.25, -0.2) is 14.6 Å². The number of para-hydroxylation sites is 1. The summed E-state index contributed by atoms with van der Waals surface area (Å²) < 4.78 is 48.1. The number of aromatic carboxylic acids is 1. The zero-order chi connectivity index (χ0) is 25.3. The normalized spacial score (nSPS) is 11.4. The number of alkyl halides is 3. The summed E-state index contributed by atoms with van der Waals surface area (Å²) in [5.41, 5.74) is -2.62. The molecule has 2 aromatic heterocycles. The minimum Gasteiger partial charge on any atom is -0.477 e. The van der Waals surface area contributed by atoms with E-state index in [-0.39, 0.29) is 28.9 Å². The number of carbonyl (C=O) groups excluding carboxylic acids is 1. The molecule has 3 N–H and O–H groups in total. The monoisotopic (exact) mass is 550 g/mol. The Labute approximate surface area is 202 Å². The zero-order valence-electron chi connectivity index (χ0n) is 17.4. The summed E-state index contributed by atoms with van der Waals surface area (Å²) in [7, 11) is 0. The van der Waals surface area contributed by atoms with Gasteiger partial charge >= 0.3 is 18.2 Å². The van der Waals surface area contributed by atoms with Crippen molar-refractivity contribution in [1.82, 2.24) is 14.5 Å². The van der Waals surface area contributed by atoms with Crippen LogP contribution in [0.3, 0.4) is 0 Å². The number of imidazole rings is 1. The first-order chi connectivity index (χ1) is 16.5. The average Bonchev–Trinajstić information content (AvgIpc) is 3.26. The maximum atomic E-state index is 13.8. The molecule has 13 heteroatoms. The summed E-state index contributed by atoms with van der Waals surface area (Å²) in [6.45, 7) is -0.325. The fourth-order valence-electron chi connectivity index (χ4n) is 3.26. The number of pyridine rings is 1. The quantitative estimate of drug-likeness (QED) is 0.323. The number of anilines is 1. The van der Waals surface area contributed by atoms with E-state index in [4.69, 9.17) is 9.84 Å². The molecule has 0 bridgehead atoms. The van der Waals surface area contributed by atoms with E-state index in [2.05, 4.69) is 31.2 Å². The predicted molar refractivity (Wildman–Crippen MR) is 122 cm³/mol. The molecule has 2 aromatic carbocycles. The van der Waals surface area contributed by atoms with Crippen LogP contribution in [0.5, 0.6) is 0 Å². The van der Waals surface area contributed by atoms with Crippen molar-refractivity contribution in [3.8, 4) is 5.69 Å². The van der Waals surface area contributed by atoms with Crippen LogP contribution >= 0.6 is 15.9 Å². The maximum absolute atomic E-state index is 13.8. The van der Waals surface area contributed by atoms with Gasteiger partial charge < -0.3 is 19.4 Å². The van der Waals surface area contributed by atoms with Crippen LogP contribution in [-0.2, 0) is 17.5 Å². The summed E-state index contributed by atoms with van der Waals surface area (Å²) >= 11 is 3.28. The number of rotatable bonds is 5. The van der Waals surface area contributed by atoms with Crippen molar-refractivity contribution in [3.63, 3.8) is 0 Å². The number of benzene rings is 2. The van der Waals surface area contributed by atoms with Gasteiger partial charge in [0, 0.05) is 21.6 Å². The Morgan fingerprint density at radius 1 is 1.20 bits per heavy atom. The van der Waals surface area contributed by atoms with E-state index in [0.29, 0.717) is 10.2 Å². The summed E-state index contributed by atoms with van der Waals surface area (Å²) in [5.74, 6) is -1.52. The van der Waals surface area contributed by atoms with Gasteiger partial charge in [0.25, 0.3) is 5.56 Å². The first-order valence-corrected chi connectivity index (χ1v) is 10.6. The fourth-order valence-corrected chi connectivity index (χ4v) is 3.64. The molecule has 0 radical (unpaired) electrons. The molecule has 0 aliphatic rings. The van der Waals surface area contributed by atoms with Gasteiger partial charge in [-0.15, -0.1) is 0 Å². The summed E-state index contributed by atoms with van der Waals surface area (Å²) in [6.07, 6.45) is -3.25. The van der Waals surface area contributed by atoms with E-state index in [1.807, 2.05) is 0 Å². The number of hydrogen-bond acceptors (Lipinski definition) is 5. The third kappa shape index (κ3) is 5.19. The van der Waals surface area contributed by atoms with Crippen LogP contribution in [0.15, 0.2) is 64.3 Å². The van der Waals surface area contributed by atoms with E-state index >= 15 is 0 Å². The Hall–Kier alpha value is -4.13. The molecule has 35 heavy (non-hydrogen) atoms. The molecule has 2 heterocycles. The van der Waals surface area contributed by atoms with Crippen molar-refractivity contribution in [2.75, 3.05) is 5.32 Å². The number of aromatic amines is 1. The number of ether oxygens (including phenoxy) is 1. The number of fused-ring (bicyclic) bond motifs is 1. The lowest BCUT2D eigenvalue weighted by molar-refractivity contribution is -0.137. The van der Waals surface area contributed by atoms with Crippen LogP contribution in [0, 0.1) is 0 Å². The Morgan fingerprint density at radius 2 is 1.94 bits per heavy atom. The van der Waals surface area contributed by atoms with E-state index in [1.165, 1.54) is 6.20 Å². The number of amides is 1. The highest BCUT2D eigenvalue weighted by molar-refractivity contribution is 9.10. The Balaban J connectivity index is 1.62. The van der Waals surface area contributed by atoms with Gasteiger partial charge in [-0.3, -0.25) is 10.1 Å². The van der Waals surface area contributed by atoms with Gasteiger partial charge in [-0.05, 0) is 46.3 Å². The molecule has 180 valence electrons. The smallest absolute Gasteiger partial charge is 0.418 e. The highest BCUT2D eigenvalue weighted by atomic mass is 79.9. The summed E-state index contributed by atoms with van der Waals surface area (Å²) in [6, 6.07) is 9.63. The number of carboxylic acid groups (broad SMARTS) is 1. The molecule has 0 aliphatic heterocycles. The molecular weight excluding hydrogens is 537 g/mol. The number of carboxylic acids is 1. The molecule has 0 saturated heterocycles. The van der Waals surface area contributed by atoms with Crippen LogP contribution < -0.4 is 10.9 Å². The molecule has 0 saturated carbocycles. The second kappa shape index (κ2) is 9.25. The third-order valence-corrected chi connectivity index (χ3v) is 5.56. The highest BCUT2D eigenvalue weighted by Crippen LogP contribution is 2.36. The van der Waals surface area contributed by atoms with Gasteiger partial charge in [-0.2, -0.15) is 13.2 Å². The van der Waals surface area contributed by atoms with Crippen LogP contribution in [0.2, 0.25) is 0 Å². The molecule has 4 rings (SSSR count). The minimum absolute atomic E-state index is 0.0734. The van der Waals surface area contributed by atoms with Crippen molar-refractivity contribution in [1.29, 1.82) is 0 Å². The molecule has 1 amide bonds. The van der Waals surface area contributed by atoms with Crippen molar-refractivity contribution in [2.24, 2.45) is 0 Å². The van der Waals surface area contributed by atoms with Crippen molar-refractivity contribution in [3.05, 3.63) is 86.6 Å². The van der Waals surface area contributed by atoms with Gasteiger partial charge in [-0.1, -0.05) is 12.1 Å². The minimum atomic E-state index is -4.80. The fraction of sp³-hybridized carbons (Fsp3) is 0.0909. The van der Waals surface area contributed by atoms with Crippen LogP contribution in [0.25, 0.3) is 16.6 Å². The Morgan fingerprint density at radius 3 is 2.63 bits per heavy atom. The largest absolute Gasteiger partial charge is 0.477 e. The van der Waals surface area contributed by atoms with Crippen LogP contribution in [0.1, 0.15) is 21.6 Å². The number of carbonyl (C=O) groups is 2. The maximum Gasteiger partial charge on any atom is 0.418 e. The number of H-pyrrole nitrogens is 1. The molecule has 0 atom stereocenters. The van der Waals surface area contributed by atoms with Gasteiger partial charge in [0.05, 0.1) is 29.0 Å². The van der Waals surface area contributed by atoms with Crippen LogP contribution in [0.4, 0.5) is 23.7 Å². The number of halogens is 4. The van der Waals surface area contributed by atoms with E-state index in [9.17, 15) is 27.6 Å². The lowest BCUT2D eigenvalue weighted by Crippen LogP contribution is -2.18. The standard InChI is InChI=1S/C22H14BrF3N4O5/c23-15-3-1-2-4-16(15)29-21(34)35-9-12-8-30(10-27-12)18-6-11-5-13(20(32)33)19(31)28-17(11)7-14(18)22(24,25)26/h1-8,10H,9H2,(H,28,31)(H,29,34)(H,32,33). The van der Waals surface area contributed by atoms with E-state index in [0.717, 1.165) is 29.1 Å². The molecule has 0 unspecified atom stereocenters. The van der Waals surface area contributed by atoms with E-state index in [1.54, 1.807) is 24.3 Å². The average molecular weight is 551 g/mol. The predicted octanol–water partition coefficient (Wildman–Crippen LogP) is 4.94. The Bertz CT molecular complexity index is 1510. The lowest BCUT2D eigenvalue weighted by atomic mass is 10.1. The molecular formula is C22H14BrF3N4O5. The topological polar surface area (TPSA) is 126 Å². The van der Waals surface area contributed by atoms with Crippen molar-refractivity contribution >= 4 is 44.6 Å². The zero-order valence-corrected chi connectivity index (χ0v) is 19.0. The second-order valence-corrected chi connectivity index (χ2v) is 8.08. The first-order valence-electron chi connectivity index (χ1n) is 9.76. The first kappa shape index (κ1) is 24.0.